The number of hydrogen-bond donors (Lipinski definition) is 0. The zero-order chi connectivity index (χ0) is 23.2. The topological polar surface area (TPSA) is 61.9 Å². The Balaban J connectivity index is 1.99. The van der Waals surface area contributed by atoms with E-state index in [9.17, 15) is 23.2 Å². The van der Waals surface area contributed by atoms with E-state index >= 15 is 4.39 Å². The van der Waals surface area contributed by atoms with Gasteiger partial charge in [-0.05, 0) is 36.3 Å². The van der Waals surface area contributed by atoms with Gasteiger partial charge in [0.25, 0.3) is 0 Å². The molecule has 0 saturated heterocycles. The first-order valence-corrected chi connectivity index (χ1v) is 10.4. The third-order valence-corrected chi connectivity index (χ3v) is 6.33. The molecule has 0 fully saturated rings. The summed E-state index contributed by atoms with van der Waals surface area (Å²) in [6, 6.07) is 6.72. The summed E-state index contributed by atoms with van der Waals surface area (Å²) in [5, 5.41) is 12.9. The van der Waals surface area contributed by atoms with Crippen LogP contribution in [0.2, 0.25) is 0 Å². The van der Waals surface area contributed by atoms with Gasteiger partial charge in [-0.3, -0.25) is 9.48 Å². The molecule has 5 nitrogen and oxygen atoms in total. The number of alkyl halides is 3. The van der Waals surface area contributed by atoms with Crippen molar-refractivity contribution in [2.24, 2.45) is 0 Å². The van der Waals surface area contributed by atoms with Crippen molar-refractivity contribution in [1.82, 2.24) is 14.7 Å². The van der Waals surface area contributed by atoms with Crippen molar-refractivity contribution >= 4 is 17.2 Å². The Hall–Kier alpha value is -3.45. The summed E-state index contributed by atoms with van der Waals surface area (Å²) in [7, 11) is 0. The minimum atomic E-state index is -4.80. The Morgan fingerprint density at radius 1 is 1.41 bits per heavy atom. The molecule has 1 unspecified atom stereocenters. The minimum absolute atomic E-state index is 0.146. The Morgan fingerprint density at radius 3 is 2.78 bits per heavy atom. The number of thiophene rings is 1. The highest BCUT2D eigenvalue weighted by Gasteiger charge is 2.41. The average molecular weight is 460 g/mol. The van der Waals surface area contributed by atoms with Crippen LogP contribution in [0.1, 0.15) is 39.5 Å². The third kappa shape index (κ3) is 3.48. The van der Waals surface area contributed by atoms with Gasteiger partial charge >= 0.3 is 6.18 Å². The molecule has 1 amide bonds. The first-order chi connectivity index (χ1) is 15.2. The van der Waals surface area contributed by atoms with Crippen molar-refractivity contribution in [3.8, 4) is 17.2 Å². The number of hydrogen-bond acceptors (Lipinski definition) is 4. The van der Waals surface area contributed by atoms with Crippen LogP contribution in [0.4, 0.5) is 17.6 Å². The molecule has 0 bridgehead atoms. The minimum Gasteiger partial charge on any atom is -0.323 e. The maximum absolute atomic E-state index is 15.2. The zero-order valence-corrected chi connectivity index (χ0v) is 17.6. The van der Waals surface area contributed by atoms with Crippen LogP contribution in [-0.2, 0) is 24.1 Å². The fraction of sp³-hybridized carbons (Fsp3) is 0.227. The fourth-order valence-electron chi connectivity index (χ4n) is 3.95. The molecular weight excluding hydrogens is 444 g/mol. The second-order valence-electron chi connectivity index (χ2n) is 7.12. The monoisotopic (exact) mass is 460 g/mol. The predicted molar refractivity (Wildman–Crippen MR) is 110 cm³/mol. The number of carbonyl (C=O) groups is 1. The summed E-state index contributed by atoms with van der Waals surface area (Å²) in [5.41, 5.74) is -1.10. The average Bonchev–Trinajstić information content (AvgIpc) is 3.44. The van der Waals surface area contributed by atoms with Gasteiger partial charge in [0.1, 0.15) is 16.8 Å². The first-order valence-electron chi connectivity index (χ1n) is 9.58. The molecule has 0 saturated carbocycles. The van der Waals surface area contributed by atoms with Crippen molar-refractivity contribution in [3.05, 3.63) is 75.5 Å². The number of nitrogens with zero attached hydrogens (tertiary/aromatic N) is 4. The molecule has 1 aromatic carbocycles. The number of halogens is 4. The molecule has 1 aliphatic heterocycles. The van der Waals surface area contributed by atoms with Gasteiger partial charge in [0.05, 0.1) is 12.6 Å². The van der Waals surface area contributed by atoms with Crippen LogP contribution in [0, 0.1) is 17.1 Å². The zero-order valence-electron chi connectivity index (χ0n) is 16.8. The van der Waals surface area contributed by atoms with Gasteiger partial charge in [-0.25, -0.2) is 4.39 Å². The third-order valence-electron chi connectivity index (χ3n) is 5.29. The Morgan fingerprint density at radius 2 is 2.16 bits per heavy atom. The van der Waals surface area contributed by atoms with Crippen molar-refractivity contribution < 1.29 is 22.4 Å². The second-order valence-corrected chi connectivity index (χ2v) is 8.26. The van der Waals surface area contributed by atoms with Crippen LogP contribution in [0.25, 0.3) is 11.1 Å². The number of rotatable bonds is 4. The quantitative estimate of drug-likeness (QED) is 0.393. The second kappa shape index (κ2) is 7.91. The molecule has 0 spiro atoms. The highest BCUT2D eigenvalue weighted by molar-refractivity contribution is 7.12. The van der Waals surface area contributed by atoms with Gasteiger partial charge in [0, 0.05) is 28.7 Å². The van der Waals surface area contributed by atoms with Crippen molar-refractivity contribution in [1.29, 1.82) is 5.26 Å². The fourth-order valence-corrected chi connectivity index (χ4v) is 4.94. The summed E-state index contributed by atoms with van der Waals surface area (Å²) in [6.07, 6.45) is -2.54. The summed E-state index contributed by atoms with van der Waals surface area (Å²) in [4.78, 5) is 15.1. The lowest BCUT2D eigenvalue weighted by Crippen LogP contribution is -2.29. The summed E-state index contributed by atoms with van der Waals surface area (Å²) < 4.78 is 57.5. The Labute approximate surface area is 184 Å². The van der Waals surface area contributed by atoms with Crippen LogP contribution in [0.5, 0.6) is 0 Å². The van der Waals surface area contributed by atoms with Crippen molar-refractivity contribution in [3.63, 3.8) is 0 Å². The van der Waals surface area contributed by atoms with Gasteiger partial charge in [-0.2, -0.15) is 23.5 Å². The van der Waals surface area contributed by atoms with Gasteiger partial charge in [-0.1, -0.05) is 18.7 Å². The summed E-state index contributed by atoms with van der Waals surface area (Å²) in [5.74, 6) is -1.31. The van der Waals surface area contributed by atoms with Crippen LogP contribution >= 0.6 is 11.3 Å². The SMILES string of the molecule is C=CC(=O)N1Cc2sc(C#N)cc2C1c1cccc(F)c1-c1cn(CC)nc1C(F)(F)F. The van der Waals surface area contributed by atoms with Crippen LogP contribution in [0.3, 0.4) is 0 Å². The van der Waals surface area contributed by atoms with Gasteiger partial charge in [0.2, 0.25) is 5.91 Å². The van der Waals surface area contributed by atoms with E-state index in [0.717, 1.165) is 27.9 Å². The summed E-state index contributed by atoms with van der Waals surface area (Å²) >= 11 is 1.19. The van der Waals surface area contributed by atoms with Crippen molar-refractivity contribution in [2.45, 2.75) is 32.2 Å². The molecule has 4 rings (SSSR count). The first kappa shape index (κ1) is 21.8. The molecule has 164 valence electrons. The predicted octanol–water partition coefficient (Wildman–Crippen LogP) is 5.28. The standard InChI is InChI=1S/C22H16F4N4OS/c1-3-18(31)30-11-17-14(8-12(9-27)32-17)20(30)13-6-5-7-16(23)19(13)15-10-29(4-2)28-21(15)22(24,25)26/h3,5-8,10,20H,1,4,11H2,2H3. The number of benzene rings is 1. The highest BCUT2D eigenvalue weighted by atomic mass is 32.1. The molecule has 3 aromatic rings. The molecule has 0 N–H and O–H groups in total. The molecule has 1 atom stereocenters. The van der Waals surface area contributed by atoms with E-state index in [1.807, 2.05) is 6.07 Å². The van der Waals surface area contributed by atoms with Crippen molar-refractivity contribution in [2.75, 3.05) is 0 Å². The molecule has 0 radical (unpaired) electrons. The molecular formula is C22H16F4N4OS. The van der Waals surface area contributed by atoms with E-state index in [1.165, 1.54) is 28.4 Å². The van der Waals surface area contributed by atoms with E-state index in [0.29, 0.717) is 10.4 Å². The van der Waals surface area contributed by atoms with Gasteiger partial charge < -0.3 is 4.90 Å². The molecule has 3 heterocycles. The smallest absolute Gasteiger partial charge is 0.323 e. The van der Waals surface area contributed by atoms with E-state index < -0.39 is 35.2 Å². The number of nitriles is 1. The maximum Gasteiger partial charge on any atom is 0.435 e. The molecule has 0 aliphatic carbocycles. The number of aromatic nitrogens is 2. The lowest BCUT2D eigenvalue weighted by Gasteiger charge is -2.27. The van der Waals surface area contributed by atoms with E-state index in [1.54, 1.807) is 13.0 Å². The molecule has 32 heavy (non-hydrogen) atoms. The van der Waals surface area contributed by atoms with Crippen LogP contribution in [0.15, 0.2) is 43.1 Å². The van der Waals surface area contributed by atoms with Gasteiger partial charge in [0.15, 0.2) is 5.69 Å². The lowest BCUT2D eigenvalue weighted by molar-refractivity contribution is -0.141. The van der Waals surface area contributed by atoms with E-state index in [4.69, 9.17) is 0 Å². The van der Waals surface area contributed by atoms with Crippen LogP contribution in [-0.4, -0.2) is 20.6 Å². The largest absolute Gasteiger partial charge is 0.435 e. The number of fused-ring (bicyclic) bond motifs is 1. The Bertz CT molecular complexity index is 1270. The highest BCUT2D eigenvalue weighted by Crippen LogP contribution is 2.47. The molecule has 2 aromatic heterocycles. The number of amides is 1. The molecule has 1 aliphatic rings. The van der Waals surface area contributed by atoms with E-state index in [-0.39, 0.29) is 24.2 Å². The maximum atomic E-state index is 15.2. The Kier molecular flexibility index (Phi) is 5.38. The summed E-state index contributed by atoms with van der Waals surface area (Å²) in [6.45, 7) is 5.43. The van der Waals surface area contributed by atoms with E-state index in [2.05, 4.69) is 11.7 Å². The van der Waals surface area contributed by atoms with Gasteiger partial charge in [-0.15, -0.1) is 11.3 Å². The number of carbonyl (C=O) groups excluding carboxylic acids is 1. The van der Waals surface area contributed by atoms with Crippen LogP contribution < -0.4 is 0 Å². The number of aryl methyl sites for hydroxylation is 1. The normalized spacial score (nSPS) is 15.5. The lowest BCUT2D eigenvalue weighted by atomic mass is 9.91. The molecule has 10 heteroatoms.